The van der Waals surface area contributed by atoms with Gasteiger partial charge in [-0.2, -0.15) is 0 Å². The van der Waals surface area contributed by atoms with Crippen molar-refractivity contribution in [2.75, 3.05) is 5.32 Å². The van der Waals surface area contributed by atoms with Gasteiger partial charge in [0.15, 0.2) is 0 Å². The number of aromatic amines is 1. The molecule has 2 aromatic heterocycles. The Morgan fingerprint density at radius 3 is 2.93 bits per heavy atom. The first-order valence-electron chi connectivity index (χ1n) is 9.45. The fourth-order valence-electron chi connectivity index (χ4n) is 3.69. The Morgan fingerprint density at radius 2 is 2.14 bits per heavy atom. The topological polar surface area (TPSA) is 101 Å². The highest BCUT2D eigenvalue weighted by Gasteiger charge is 2.17. The minimum Gasteiger partial charge on any atom is -0.423 e. The number of nitrogens with zero attached hydrogens (tertiary/aromatic N) is 2. The lowest BCUT2D eigenvalue weighted by Crippen LogP contribution is -2.06. The number of H-pyrrole nitrogens is 1. The average Bonchev–Trinajstić information content (AvgIpc) is 3.31. The number of aromatic nitrogens is 3. The number of hydrogen-bond acceptors (Lipinski definition) is 6. The smallest absolute Gasteiger partial charge is 0.336 e. The van der Waals surface area contributed by atoms with Crippen LogP contribution < -0.4 is 10.9 Å². The molecule has 2 heterocycles. The van der Waals surface area contributed by atoms with Gasteiger partial charge in [0, 0.05) is 42.3 Å². The molecule has 1 amide bonds. The molecule has 3 aromatic rings. The van der Waals surface area contributed by atoms with Crippen LogP contribution in [0.5, 0.6) is 0 Å². The van der Waals surface area contributed by atoms with E-state index in [0.717, 1.165) is 23.2 Å². The van der Waals surface area contributed by atoms with E-state index in [2.05, 4.69) is 20.5 Å². The maximum atomic E-state index is 11.9. The SMILES string of the molecule is CC(=O)Nc1ccc2c(CSc3n[nH]c(CC4CCCC4)n3)cc(=O)oc2c1. The predicted molar refractivity (Wildman–Crippen MR) is 108 cm³/mol. The van der Waals surface area contributed by atoms with E-state index in [1.165, 1.54) is 50.4 Å². The van der Waals surface area contributed by atoms with E-state index in [1.54, 1.807) is 12.1 Å². The zero-order valence-electron chi connectivity index (χ0n) is 15.7. The van der Waals surface area contributed by atoms with Crippen molar-refractivity contribution >= 4 is 34.3 Å². The number of carbonyl (C=O) groups is 1. The number of carbonyl (C=O) groups excluding carboxylic acids is 1. The quantitative estimate of drug-likeness (QED) is 0.482. The first kappa shape index (κ1) is 18.7. The van der Waals surface area contributed by atoms with E-state index < -0.39 is 5.63 Å². The van der Waals surface area contributed by atoms with E-state index >= 15 is 0 Å². The van der Waals surface area contributed by atoms with Crippen LogP contribution in [0.25, 0.3) is 11.0 Å². The van der Waals surface area contributed by atoms with Gasteiger partial charge in [0.25, 0.3) is 0 Å². The molecule has 8 heteroatoms. The zero-order chi connectivity index (χ0) is 19.5. The predicted octanol–water partition coefficient (Wildman–Crippen LogP) is 3.89. The van der Waals surface area contributed by atoms with Crippen LogP contribution in [-0.2, 0) is 17.0 Å². The molecular weight excluding hydrogens is 376 g/mol. The van der Waals surface area contributed by atoms with Crippen molar-refractivity contribution in [3.63, 3.8) is 0 Å². The molecule has 2 N–H and O–H groups in total. The van der Waals surface area contributed by atoms with Crippen LogP contribution in [0.1, 0.15) is 44.0 Å². The van der Waals surface area contributed by atoms with Gasteiger partial charge < -0.3 is 9.73 Å². The van der Waals surface area contributed by atoms with E-state index in [4.69, 9.17) is 4.42 Å². The molecule has 146 valence electrons. The molecule has 0 saturated heterocycles. The monoisotopic (exact) mass is 398 g/mol. The highest BCUT2D eigenvalue weighted by molar-refractivity contribution is 7.98. The van der Waals surface area contributed by atoms with Gasteiger partial charge in [0.1, 0.15) is 11.4 Å². The lowest BCUT2D eigenvalue weighted by atomic mass is 10.0. The third-order valence-electron chi connectivity index (χ3n) is 4.98. The molecule has 28 heavy (non-hydrogen) atoms. The average molecular weight is 398 g/mol. The molecule has 7 nitrogen and oxygen atoms in total. The summed E-state index contributed by atoms with van der Waals surface area (Å²) in [6.45, 7) is 1.44. The lowest BCUT2D eigenvalue weighted by molar-refractivity contribution is -0.114. The van der Waals surface area contributed by atoms with Gasteiger partial charge in [0.2, 0.25) is 11.1 Å². The van der Waals surface area contributed by atoms with Crippen LogP contribution in [0, 0.1) is 5.92 Å². The molecule has 1 aliphatic carbocycles. The van der Waals surface area contributed by atoms with E-state index in [0.29, 0.717) is 28.1 Å². The summed E-state index contributed by atoms with van der Waals surface area (Å²) in [4.78, 5) is 27.8. The first-order chi connectivity index (χ1) is 13.6. The minimum atomic E-state index is -0.417. The summed E-state index contributed by atoms with van der Waals surface area (Å²) in [5, 5.41) is 11.6. The second-order valence-corrected chi connectivity index (χ2v) is 8.13. The Balaban J connectivity index is 1.49. The molecular formula is C20H22N4O3S. The van der Waals surface area contributed by atoms with Crippen LogP contribution in [0.2, 0.25) is 0 Å². The van der Waals surface area contributed by atoms with Crippen molar-refractivity contribution in [2.24, 2.45) is 5.92 Å². The molecule has 1 saturated carbocycles. The number of thioether (sulfide) groups is 1. The lowest BCUT2D eigenvalue weighted by Gasteiger charge is -2.07. The van der Waals surface area contributed by atoms with Gasteiger partial charge in [-0.3, -0.25) is 9.89 Å². The Hall–Kier alpha value is -2.61. The number of amides is 1. The zero-order valence-corrected chi connectivity index (χ0v) is 16.5. The summed E-state index contributed by atoms with van der Waals surface area (Å²) in [6, 6.07) is 6.81. The van der Waals surface area contributed by atoms with E-state index in [9.17, 15) is 9.59 Å². The molecule has 0 radical (unpaired) electrons. The van der Waals surface area contributed by atoms with Gasteiger partial charge in [-0.1, -0.05) is 37.4 Å². The van der Waals surface area contributed by atoms with Gasteiger partial charge in [-0.05, 0) is 23.6 Å². The number of fused-ring (bicyclic) bond motifs is 1. The van der Waals surface area contributed by atoms with E-state index in [-0.39, 0.29) is 5.91 Å². The van der Waals surface area contributed by atoms with Gasteiger partial charge in [0.05, 0.1) is 0 Å². The van der Waals surface area contributed by atoms with Crippen LogP contribution in [0.4, 0.5) is 5.69 Å². The third kappa shape index (κ3) is 4.44. The van der Waals surface area contributed by atoms with Crippen LogP contribution in [-0.4, -0.2) is 21.1 Å². The highest BCUT2D eigenvalue weighted by atomic mass is 32.2. The second kappa shape index (κ2) is 8.18. The summed E-state index contributed by atoms with van der Waals surface area (Å²) in [5.41, 5.74) is 1.48. The molecule has 0 atom stereocenters. The largest absolute Gasteiger partial charge is 0.423 e. The number of hydrogen-bond donors (Lipinski definition) is 2. The summed E-state index contributed by atoms with van der Waals surface area (Å²) in [5.74, 6) is 2.03. The number of benzene rings is 1. The van der Waals surface area contributed by atoms with Crippen molar-refractivity contribution in [3.8, 4) is 0 Å². The number of nitrogens with one attached hydrogen (secondary N) is 2. The molecule has 1 aromatic carbocycles. The summed E-state index contributed by atoms with van der Waals surface area (Å²) in [6.07, 6.45) is 6.13. The maximum Gasteiger partial charge on any atom is 0.336 e. The van der Waals surface area contributed by atoms with Gasteiger partial charge in [-0.15, -0.1) is 5.10 Å². The van der Waals surface area contributed by atoms with Crippen molar-refractivity contribution < 1.29 is 9.21 Å². The van der Waals surface area contributed by atoms with Crippen molar-refractivity contribution in [3.05, 3.63) is 46.1 Å². The third-order valence-corrected chi connectivity index (χ3v) is 5.87. The van der Waals surface area contributed by atoms with Crippen molar-refractivity contribution in [2.45, 2.75) is 49.9 Å². The Labute approximate surface area is 166 Å². The molecule has 0 bridgehead atoms. The normalized spacial score (nSPS) is 14.6. The first-order valence-corrected chi connectivity index (χ1v) is 10.4. The van der Waals surface area contributed by atoms with Crippen molar-refractivity contribution in [1.29, 1.82) is 0 Å². The van der Waals surface area contributed by atoms with Crippen LogP contribution >= 0.6 is 11.8 Å². The summed E-state index contributed by atoms with van der Waals surface area (Å²) < 4.78 is 5.30. The van der Waals surface area contributed by atoms with Gasteiger partial charge >= 0.3 is 5.63 Å². The van der Waals surface area contributed by atoms with Crippen molar-refractivity contribution in [1.82, 2.24) is 15.2 Å². The Kier molecular flexibility index (Phi) is 5.47. The highest BCUT2D eigenvalue weighted by Crippen LogP contribution is 2.29. The molecule has 1 aliphatic rings. The Bertz CT molecular complexity index is 1050. The van der Waals surface area contributed by atoms with E-state index in [1.807, 2.05) is 6.07 Å². The molecule has 0 unspecified atom stereocenters. The van der Waals surface area contributed by atoms with Crippen LogP contribution in [0.3, 0.4) is 0 Å². The fraction of sp³-hybridized carbons (Fsp3) is 0.400. The standard InChI is InChI=1S/C20H22N4O3S/c1-12(25)21-15-6-7-16-14(9-19(26)27-17(16)10-15)11-28-20-22-18(23-24-20)8-13-4-2-3-5-13/h6-7,9-10,13H,2-5,8,11H2,1H3,(H,21,25)(H,22,23,24). The minimum absolute atomic E-state index is 0.175. The summed E-state index contributed by atoms with van der Waals surface area (Å²) in [7, 11) is 0. The van der Waals surface area contributed by atoms with Gasteiger partial charge in [-0.25, -0.2) is 9.78 Å². The maximum absolute atomic E-state index is 11.9. The molecule has 4 rings (SSSR count). The molecule has 0 spiro atoms. The molecule has 0 aliphatic heterocycles. The van der Waals surface area contributed by atoms with Crippen LogP contribution in [0.15, 0.2) is 38.6 Å². The molecule has 1 fully saturated rings. The summed E-state index contributed by atoms with van der Waals surface area (Å²) >= 11 is 1.49. The second-order valence-electron chi connectivity index (χ2n) is 7.19. The number of rotatable bonds is 6. The fourth-order valence-corrected chi connectivity index (χ4v) is 4.50. The number of anilines is 1. The Morgan fingerprint density at radius 1 is 1.32 bits per heavy atom.